The van der Waals surface area contributed by atoms with Crippen LogP contribution >= 0.6 is 11.6 Å². The first-order valence-corrected chi connectivity index (χ1v) is 10.2. The molecule has 2 N–H and O–H groups in total. The van der Waals surface area contributed by atoms with E-state index in [1.807, 2.05) is 20.8 Å². The molecule has 0 saturated heterocycles. The van der Waals surface area contributed by atoms with Crippen molar-refractivity contribution in [3.63, 3.8) is 0 Å². The number of nitriles is 1. The molecule has 1 aliphatic heterocycles. The molecular weight excluding hydrogens is 416 g/mol. The summed E-state index contributed by atoms with van der Waals surface area (Å²) in [5, 5.41) is 21.3. The second-order valence-electron chi connectivity index (χ2n) is 7.65. The predicted molar refractivity (Wildman–Crippen MR) is 120 cm³/mol. The lowest BCUT2D eigenvalue weighted by Crippen LogP contribution is -2.40. The lowest BCUT2D eigenvalue weighted by molar-refractivity contribution is -0.117. The number of rotatable bonds is 5. The molecule has 160 valence electrons. The quantitative estimate of drug-likeness (QED) is 0.740. The van der Waals surface area contributed by atoms with Gasteiger partial charge in [-0.2, -0.15) is 10.4 Å². The van der Waals surface area contributed by atoms with Gasteiger partial charge in [0.15, 0.2) is 5.82 Å². The highest BCUT2D eigenvalue weighted by Crippen LogP contribution is 2.30. The Bertz CT molecular complexity index is 1110. The third-order valence-corrected chi connectivity index (χ3v) is 4.99. The van der Waals surface area contributed by atoms with Crippen molar-refractivity contribution in [3.8, 4) is 6.07 Å². The number of benzene rings is 1. The highest BCUT2D eigenvalue weighted by Gasteiger charge is 2.34. The number of hydrogen-bond donors (Lipinski definition) is 2. The van der Waals surface area contributed by atoms with Gasteiger partial charge in [0.25, 0.3) is 5.91 Å². The summed E-state index contributed by atoms with van der Waals surface area (Å²) in [5.74, 6) is -0.335. The van der Waals surface area contributed by atoms with E-state index in [1.54, 1.807) is 31.3 Å². The third-order valence-electron chi connectivity index (χ3n) is 4.70. The van der Waals surface area contributed by atoms with Crippen LogP contribution in [-0.2, 0) is 4.79 Å². The Morgan fingerprint density at radius 1 is 1.32 bits per heavy atom. The van der Waals surface area contributed by atoms with Gasteiger partial charge in [-0.25, -0.2) is 9.99 Å². The van der Waals surface area contributed by atoms with Crippen molar-refractivity contribution in [2.24, 2.45) is 5.10 Å². The minimum atomic E-state index is -0.677. The fourth-order valence-corrected chi connectivity index (χ4v) is 3.56. The summed E-state index contributed by atoms with van der Waals surface area (Å²) in [7, 11) is 0. The molecule has 0 bridgehead atoms. The minimum absolute atomic E-state index is 0.102. The maximum absolute atomic E-state index is 13.3. The van der Waals surface area contributed by atoms with E-state index in [2.05, 4.69) is 26.8 Å². The molecule has 0 radical (unpaired) electrons. The summed E-state index contributed by atoms with van der Waals surface area (Å²) in [5.41, 5.74) is 2.30. The molecule has 3 rings (SSSR count). The fraction of sp³-hybridized carbons (Fsp3) is 0.318. The molecular formula is C22H23ClN6O2. The molecule has 31 heavy (non-hydrogen) atoms. The van der Waals surface area contributed by atoms with Gasteiger partial charge in [-0.3, -0.25) is 9.59 Å². The molecule has 0 saturated carbocycles. The maximum atomic E-state index is 13.3. The Balaban J connectivity index is 1.95. The fourth-order valence-electron chi connectivity index (χ4n) is 3.35. The summed E-state index contributed by atoms with van der Waals surface area (Å²) in [6.45, 7) is 7.24. The zero-order chi connectivity index (χ0) is 22.7. The van der Waals surface area contributed by atoms with E-state index in [9.17, 15) is 14.9 Å². The van der Waals surface area contributed by atoms with Crippen LogP contribution in [-0.4, -0.2) is 34.6 Å². The number of amides is 2. The average molecular weight is 439 g/mol. The molecule has 2 heterocycles. The lowest BCUT2D eigenvalue weighted by Gasteiger charge is -2.24. The summed E-state index contributed by atoms with van der Waals surface area (Å²) in [4.78, 5) is 30.3. The first-order chi connectivity index (χ1) is 14.7. The first kappa shape index (κ1) is 22.2. The number of hydrazone groups is 1. The van der Waals surface area contributed by atoms with E-state index in [-0.39, 0.29) is 23.4 Å². The van der Waals surface area contributed by atoms with Crippen LogP contribution in [0.5, 0.6) is 0 Å². The highest BCUT2D eigenvalue weighted by atomic mass is 35.5. The van der Waals surface area contributed by atoms with Crippen molar-refractivity contribution in [1.82, 2.24) is 10.3 Å². The number of pyridine rings is 1. The SMILES string of the molecule is CC1=NN(c2ncccc2Cl)C(C(=O)Nc2c(C)cc(C#N)cc2C(=O)NC(C)C)C1. The minimum Gasteiger partial charge on any atom is -0.350 e. The van der Waals surface area contributed by atoms with Crippen molar-refractivity contribution in [3.05, 3.63) is 52.2 Å². The normalized spacial score (nSPS) is 15.5. The van der Waals surface area contributed by atoms with Gasteiger partial charge >= 0.3 is 0 Å². The van der Waals surface area contributed by atoms with E-state index in [0.717, 1.165) is 5.71 Å². The van der Waals surface area contributed by atoms with Crippen LogP contribution in [0, 0.1) is 18.3 Å². The number of carbonyl (C=O) groups is 2. The van der Waals surface area contributed by atoms with Crippen LogP contribution in [0.2, 0.25) is 5.02 Å². The molecule has 2 aromatic rings. The van der Waals surface area contributed by atoms with Crippen LogP contribution in [0.3, 0.4) is 0 Å². The molecule has 0 fully saturated rings. The second kappa shape index (κ2) is 9.14. The van der Waals surface area contributed by atoms with Gasteiger partial charge in [0.2, 0.25) is 5.91 Å². The molecule has 1 aromatic carbocycles. The second-order valence-corrected chi connectivity index (χ2v) is 8.06. The Kier molecular flexibility index (Phi) is 6.56. The van der Waals surface area contributed by atoms with Gasteiger partial charge in [0, 0.05) is 24.4 Å². The van der Waals surface area contributed by atoms with Crippen LogP contribution in [0.15, 0.2) is 35.6 Å². The number of halogens is 1. The van der Waals surface area contributed by atoms with Crippen molar-refractivity contribution in [2.45, 2.75) is 46.2 Å². The molecule has 0 spiro atoms. The summed E-state index contributed by atoms with van der Waals surface area (Å²) >= 11 is 6.27. The van der Waals surface area contributed by atoms with E-state index in [0.29, 0.717) is 34.1 Å². The number of anilines is 2. The van der Waals surface area contributed by atoms with Crippen molar-refractivity contribution >= 4 is 40.6 Å². The summed E-state index contributed by atoms with van der Waals surface area (Å²) in [6.07, 6.45) is 1.97. The monoisotopic (exact) mass is 438 g/mol. The third kappa shape index (κ3) is 4.84. The molecule has 1 atom stereocenters. The average Bonchev–Trinajstić information content (AvgIpc) is 3.10. The molecule has 8 nitrogen and oxygen atoms in total. The van der Waals surface area contributed by atoms with Gasteiger partial charge in [-0.05, 0) is 57.5 Å². The van der Waals surface area contributed by atoms with E-state index in [1.165, 1.54) is 11.1 Å². The Morgan fingerprint density at radius 3 is 2.71 bits per heavy atom. The Hall–Kier alpha value is -3.44. The lowest BCUT2D eigenvalue weighted by atomic mass is 10.0. The smallest absolute Gasteiger partial charge is 0.253 e. The van der Waals surface area contributed by atoms with E-state index in [4.69, 9.17) is 11.6 Å². The first-order valence-electron chi connectivity index (χ1n) is 9.81. The Morgan fingerprint density at radius 2 is 2.06 bits per heavy atom. The van der Waals surface area contributed by atoms with Gasteiger partial charge in [-0.1, -0.05) is 11.6 Å². The number of carbonyl (C=O) groups excluding carboxylic acids is 2. The molecule has 9 heteroatoms. The van der Waals surface area contributed by atoms with Crippen LogP contribution in [0.1, 0.15) is 48.7 Å². The standard InChI is InChI=1S/C22H23ClN6O2/c1-12(2)26-21(30)16-10-15(11-24)8-13(3)19(16)27-22(31)18-9-14(4)28-29(18)20-17(23)6-5-7-25-20/h5-8,10,12,18H,9H2,1-4H3,(H,26,30)(H,27,31). The van der Waals surface area contributed by atoms with Crippen LogP contribution in [0.4, 0.5) is 11.5 Å². The molecule has 0 aliphatic carbocycles. The van der Waals surface area contributed by atoms with E-state index < -0.39 is 6.04 Å². The number of aromatic nitrogens is 1. The van der Waals surface area contributed by atoms with Crippen LogP contribution in [0.25, 0.3) is 0 Å². The van der Waals surface area contributed by atoms with Crippen molar-refractivity contribution < 1.29 is 9.59 Å². The largest absolute Gasteiger partial charge is 0.350 e. The number of nitrogens with one attached hydrogen (secondary N) is 2. The Labute approximate surface area is 185 Å². The van der Waals surface area contributed by atoms with E-state index >= 15 is 0 Å². The maximum Gasteiger partial charge on any atom is 0.253 e. The summed E-state index contributed by atoms with van der Waals surface area (Å²) in [6, 6.07) is 7.76. The predicted octanol–water partition coefficient (Wildman–Crippen LogP) is 3.65. The molecule has 2 amide bonds. The number of hydrogen-bond acceptors (Lipinski definition) is 6. The summed E-state index contributed by atoms with van der Waals surface area (Å²) < 4.78 is 0. The van der Waals surface area contributed by atoms with Gasteiger partial charge in [-0.15, -0.1) is 0 Å². The van der Waals surface area contributed by atoms with Crippen LogP contribution < -0.4 is 15.6 Å². The topological polar surface area (TPSA) is 110 Å². The van der Waals surface area contributed by atoms with Gasteiger partial charge < -0.3 is 10.6 Å². The highest BCUT2D eigenvalue weighted by molar-refractivity contribution is 6.33. The van der Waals surface area contributed by atoms with Crippen molar-refractivity contribution in [1.29, 1.82) is 5.26 Å². The zero-order valence-electron chi connectivity index (χ0n) is 17.7. The van der Waals surface area contributed by atoms with Gasteiger partial charge in [0.1, 0.15) is 6.04 Å². The molecule has 1 aliphatic rings. The van der Waals surface area contributed by atoms with Gasteiger partial charge in [0.05, 0.1) is 27.9 Å². The molecule has 1 unspecified atom stereocenters. The molecule has 1 aromatic heterocycles. The number of nitrogens with zero attached hydrogens (tertiary/aromatic N) is 4. The van der Waals surface area contributed by atoms with Crippen molar-refractivity contribution in [2.75, 3.05) is 10.3 Å². The zero-order valence-corrected chi connectivity index (χ0v) is 18.5. The number of aryl methyl sites for hydroxylation is 1.